The molecule has 2 aromatic heterocycles. The van der Waals surface area contributed by atoms with Gasteiger partial charge < -0.3 is 9.84 Å². The summed E-state index contributed by atoms with van der Waals surface area (Å²) in [6, 6.07) is 0. The number of carbonyl (C=O) groups is 1. The van der Waals surface area contributed by atoms with E-state index in [4.69, 9.17) is 4.74 Å². The van der Waals surface area contributed by atoms with Gasteiger partial charge in [-0.2, -0.15) is 0 Å². The summed E-state index contributed by atoms with van der Waals surface area (Å²) in [6.07, 6.45) is 3.51. The van der Waals surface area contributed by atoms with Crippen molar-refractivity contribution in [3.05, 3.63) is 16.8 Å². The van der Waals surface area contributed by atoms with Crippen LogP contribution in [0.5, 0.6) is 5.88 Å². The summed E-state index contributed by atoms with van der Waals surface area (Å²) < 4.78 is 5.19. The predicted molar refractivity (Wildman–Crippen MR) is 75.8 cm³/mol. The average Bonchev–Trinajstić information content (AvgIpc) is 2.78. The maximum absolute atomic E-state index is 12.2. The fourth-order valence-electron chi connectivity index (χ4n) is 2.76. The second-order valence-corrected chi connectivity index (χ2v) is 6.42. The molecule has 3 rings (SSSR count). The number of nitrogens with zero attached hydrogens (tertiary/aromatic N) is 2. The smallest absolute Gasteiger partial charge is 0.312 e. The lowest BCUT2D eigenvalue weighted by molar-refractivity contribution is -0.155. The molecule has 1 aliphatic carbocycles. The Balaban J connectivity index is 2.06. The van der Waals surface area contributed by atoms with Crippen molar-refractivity contribution in [3.63, 3.8) is 0 Å². The number of esters is 1. The zero-order chi connectivity index (χ0) is 14.3. The molecule has 1 aliphatic rings. The number of rotatable bonds is 2. The van der Waals surface area contributed by atoms with Gasteiger partial charge in [0.2, 0.25) is 5.88 Å². The van der Waals surface area contributed by atoms with Gasteiger partial charge in [0.05, 0.1) is 17.4 Å². The molecule has 0 amide bonds. The number of aromatic nitrogens is 2. The van der Waals surface area contributed by atoms with Crippen LogP contribution in [0.2, 0.25) is 0 Å². The van der Waals surface area contributed by atoms with Crippen molar-refractivity contribution >= 4 is 27.5 Å². The van der Waals surface area contributed by atoms with Gasteiger partial charge in [-0.15, -0.1) is 11.3 Å². The van der Waals surface area contributed by atoms with Gasteiger partial charge in [-0.1, -0.05) is 0 Å². The summed E-state index contributed by atoms with van der Waals surface area (Å²) in [6.45, 7) is 4.13. The number of carbonyl (C=O) groups excluding carboxylic acids is 1. The first-order valence-corrected chi connectivity index (χ1v) is 7.48. The highest BCUT2D eigenvalue weighted by molar-refractivity contribution is 7.18. The lowest BCUT2D eigenvalue weighted by Gasteiger charge is -2.31. The Labute approximate surface area is 120 Å². The molecule has 0 aliphatic heterocycles. The van der Waals surface area contributed by atoms with E-state index in [1.54, 1.807) is 11.3 Å². The topological polar surface area (TPSA) is 72.3 Å². The Morgan fingerprint density at radius 2 is 2.35 bits per heavy atom. The number of aryl methyl sites for hydroxylation is 1. The summed E-state index contributed by atoms with van der Waals surface area (Å²) in [4.78, 5) is 22.2. The van der Waals surface area contributed by atoms with Crippen LogP contribution in [-0.2, 0) is 22.4 Å². The molecule has 0 saturated carbocycles. The van der Waals surface area contributed by atoms with E-state index in [9.17, 15) is 9.90 Å². The van der Waals surface area contributed by atoms with E-state index in [1.165, 1.54) is 11.2 Å². The number of hydrogen-bond donors (Lipinski definition) is 1. The minimum absolute atomic E-state index is 0.000564. The Morgan fingerprint density at radius 3 is 3.10 bits per heavy atom. The predicted octanol–water partition coefficient (Wildman–Crippen LogP) is 2.46. The first-order valence-electron chi connectivity index (χ1n) is 6.66. The van der Waals surface area contributed by atoms with E-state index < -0.39 is 5.41 Å². The van der Waals surface area contributed by atoms with Gasteiger partial charge in [-0.25, -0.2) is 9.97 Å². The van der Waals surface area contributed by atoms with Crippen LogP contribution in [0.4, 0.5) is 0 Å². The van der Waals surface area contributed by atoms with Gasteiger partial charge in [-0.05, 0) is 38.7 Å². The van der Waals surface area contributed by atoms with Crippen LogP contribution in [0.15, 0.2) is 6.33 Å². The van der Waals surface area contributed by atoms with Gasteiger partial charge in [0.15, 0.2) is 0 Å². The molecule has 106 valence electrons. The lowest BCUT2D eigenvalue weighted by atomic mass is 9.75. The SMILES string of the molecule is CCOC(=O)C1(C)CCc2sc3ncnc(O)c3c2C1. The summed E-state index contributed by atoms with van der Waals surface area (Å²) in [7, 11) is 0. The van der Waals surface area contributed by atoms with Gasteiger partial charge in [0.1, 0.15) is 11.2 Å². The third-order valence-corrected chi connectivity index (χ3v) is 5.09. The Bertz CT molecular complexity index is 682. The van der Waals surface area contributed by atoms with Crippen LogP contribution >= 0.6 is 11.3 Å². The number of aromatic hydroxyl groups is 1. The number of fused-ring (bicyclic) bond motifs is 3. The van der Waals surface area contributed by atoms with Crippen molar-refractivity contribution in [3.8, 4) is 5.88 Å². The van der Waals surface area contributed by atoms with E-state index >= 15 is 0 Å². The highest BCUT2D eigenvalue weighted by atomic mass is 32.1. The van der Waals surface area contributed by atoms with Crippen LogP contribution in [0.25, 0.3) is 10.2 Å². The maximum atomic E-state index is 12.2. The van der Waals surface area contributed by atoms with Gasteiger partial charge >= 0.3 is 5.97 Å². The molecule has 1 atom stereocenters. The molecule has 2 aromatic rings. The molecule has 0 spiro atoms. The number of thiophene rings is 1. The molecule has 0 saturated heterocycles. The molecule has 0 aromatic carbocycles. The molecule has 0 fully saturated rings. The van der Waals surface area contributed by atoms with Gasteiger partial charge in [0, 0.05) is 4.88 Å². The molecule has 2 heterocycles. The quantitative estimate of drug-likeness (QED) is 0.861. The van der Waals surface area contributed by atoms with Crippen LogP contribution in [0.3, 0.4) is 0 Å². The fourth-order valence-corrected chi connectivity index (χ4v) is 3.91. The van der Waals surface area contributed by atoms with Crippen molar-refractivity contribution in [1.29, 1.82) is 0 Å². The summed E-state index contributed by atoms with van der Waals surface area (Å²) in [5.41, 5.74) is 0.476. The largest absolute Gasteiger partial charge is 0.493 e. The summed E-state index contributed by atoms with van der Waals surface area (Å²) in [5, 5.41) is 10.7. The Hall–Kier alpha value is -1.69. The second kappa shape index (κ2) is 4.70. The van der Waals surface area contributed by atoms with Gasteiger partial charge in [-0.3, -0.25) is 4.79 Å². The van der Waals surface area contributed by atoms with E-state index in [-0.39, 0.29) is 11.8 Å². The summed E-state index contributed by atoms with van der Waals surface area (Å²) in [5.74, 6) is -0.165. The highest BCUT2D eigenvalue weighted by Crippen LogP contribution is 2.44. The van der Waals surface area contributed by atoms with Crippen LogP contribution < -0.4 is 0 Å². The standard InChI is InChI=1S/C14H16N2O3S/c1-3-19-13(18)14(2)5-4-9-8(6-14)10-11(17)15-7-16-12(10)20-9/h7H,3-6H2,1-2H3,(H,15,16,17). The zero-order valence-electron chi connectivity index (χ0n) is 11.5. The molecule has 5 nitrogen and oxygen atoms in total. The maximum Gasteiger partial charge on any atom is 0.312 e. The van der Waals surface area contributed by atoms with Crippen molar-refractivity contribution in [2.24, 2.45) is 5.41 Å². The lowest BCUT2D eigenvalue weighted by Crippen LogP contribution is -2.35. The van der Waals surface area contributed by atoms with E-state index in [0.29, 0.717) is 18.4 Å². The highest BCUT2D eigenvalue weighted by Gasteiger charge is 2.40. The Kier molecular flexibility index (Phi) is 3.12. The van der Waals surface area contributed by atoms with E-state index in [2.05, 4.69) is 9.97 Å². The van der Waals surface area contributed by atoms with E-state index in [0.717, 1.165) is 23.2 Å². The zero-order valence-corrected chi connectivity index (χ0v) is 12.3. The fraction of sp³-hybridized carbons (Fsp3) is 0.500. The van der Waals surface area contributed by atoms with Crippen molar-refractivity contribution in [2.75, 3.05) is 6.61 Å². The second-order valence-electron chi connectivity index (χ2n) is 5.34. The molecule has 20 heavy (non-hydrogen) atoms. The summed E-state index contributed by atoms with van der Waals surface area (Å²) >= 11 is 1.58. The third-order valence-electron chi connectivity index (χ3n) is 3.89. The van der Waals surface area contributed by atoms with Crippen molar-refractivity contribution in [1.82, 2.24) is 9.97 Å². The molecule has 0 radical (unpaired) electrons. The minimum atomic E-state index is -0.528. The van der Waals surface area contributed by atoms with Crippen LogP contribution in [-0.4, -0.2) is 27.7 Å². The van der Waals surface area contributed by atoms with Crippen molar-refractivity contribution in [2.45, 2.75) is 33.1 Å². The number of ether oxygens (including phenoxy) is 1. The molecular weight excluding hydrogens is 276 g/mol. The average molecular weight is 292 g/mol. The molecule has 1 N–H and O–H groups in total. The first kappa shape index (κ1) is 13.3. The molecule has 1 unspecified atom stereocenters. The minimum Gasteiger partial charge on any atom is -0.493 e. The number of hydrogen-bond acceptors (Lipinski definition) is 6. The van der Waals surface area contributed by atoms with Crippen molar-refractivity contribution < 1.29 is 14.6 Å². The normalized spacial score (nSPS) is 21.7. The first-order chi connectivity index (χ1) is 9.55. The molecule has 6 heteroatoms. The monoisotopic (exact) mass is 292 g/mol. The van der Waals surface area contributed by atoms with Gasteiger partial charge in [0.25, 0.3) is 0 Å². The van der Waals surface area contributed by atoms with Crippen LogP contribution in [0, 0.1) is 5.41 Å². The Morgan fingerprint density at radius 1 is 1.55 bits per heavy atom. The van der Waals surface area contributed by atoms with E-state index in [1.807, 2.05) is 13.8 Å². The molecular formula is C14H16N2O3S. The molecule has 0 bridgehead atoms. The van der Waals surface area contributed by atoms with Crippen LogP contribution in [0.1, 0.15) is 30.7 Å². The third kappa shape index (κ3) is 1.95.